The van der Waals surface area contributed by atoms with Crippen LogP contribution in [0.3, 0.4) is 0 Å². The van der Waals surface area contributed by atoms with Crippen molar-refractivity contribution in [2.75, 3.05) is 20.3 Å². The average molecular weight is 307 g/mol. The molecule has 1 aromatic carbocycles. The Balaban J connectivity index is 1.96. The number of ether oxygens (including phenoxy) is 2. The third kappa shape index (κ3) is 4.46. The predicted octanol–water partition coefficient (Wildman–Crippen LogP) is 1.23. The molecule has 0 bridgehead atoms. The zero-order valence-corrected chi connectivity index (χ0v) is 12.6. The van der Waals surface area contributed by atoms with Crippen molar-refractivity contribution < 1.29 is 24.2 Å². The molecule has 2 rings (SSSR count). The van der Waals surface area contributed by atoms with Crippen LogP contribution in [-0.4, -0.2) is 43.3 Å². The Labute approximate surface area is 129 Å². The molecule has 22 heavy (non-hydrogen) atoms. The summed E-state index contributed by atoms with van der Waals surface area (Å²) in [5.74, 6) is -0.845. The molecule has 0 aliphatic carbocycles. The number of aliphatic carboxylic acids is 1. The van der Waals surface area contributed by atoms with Gasteiger partial charge < -0.3 is 19.9 Å². The number of hydrogen-bond donors (Lipinski definition) is 2. The quantitative estimate of drug-likeness (QED) is 0.826. The van der Waals surface area contributed by atoms with E-state index in [2.05, 4.69) is 5.32 Å². The van der Waals surface area contributed by atoms with E-state index in [0.717, 1.165) is 18.4 Å². The lowest BCUT2D eigenvalue weighted by atomic mass is 9.93. The number of benzene rings is 1. The van der Waals surface area contributed by atoms with Crippen LogP contribution in [0.5, 0.6) is 5.75 Å². The third-order valence-corrected chi connectivity index (χ3v) is 3.75. The number of nitrogens with one attached hydrogen (secondary N) is 1. The van der Waals surface area contributed by atoms with Crippen molar-refractivity contribution in [1.82, 2.24) is 5.32 Å². The van der Waals surface area contributed by atoms with Gasteiger partial charge in [0.1, 0.15) is 11.8 Å². The van der Waals surface area contributed by atoms with Gasteiger partial charge in [0.25, 0.3) is 0 Å². The molecule has 0 radical (unpaired) electrons. The number of rotatable bonds is 6. The summed E-state index contributed by atoms with van der Waals surface area (Å²) in [6, 6.07) is 6.26. The predicted molar refractivity (Wildman–Crippen MR) is 79.8 cm³/mol. The Bertz CT molecular complexity index is 525. The number of hydrogen-bond acceptors (Lipinski definition) is 4. The molecule has 0 saturated carbocycles. The summed E-state index contributed by atoms with van der Waals surface area (Å²) in [5.41, 5.74) is 0.779. The van der Waals surface area contributed by atoms with Crippen molar-refractivity contribution in [2.24, 2.45) is 5.92 Å². The molecule has 1 aromatic rings. The molecule has 120 valence electrons. The molecular weight excluding hydrogens is 286 g/mol. The van der Waals surface area contributed by atoms with E-state index < -0.39 is 12.0 Å². The maximum Gasteiger partial charge on any atom is 0.326 e. The van der Waals surface area contributed by atoms with Gasteiger partial charge in [-0.25, -0.2) is 4.79 Å². The third-order valence-electron chi connectivity index (χ3n) is 3.75. The maximum atomic E-state index is 12.1. The number of methoxy groups -OCH3 is 1. The summed E-state index contributed by atoms with van der Waals surface area (Å²) in [6.07, 6.45) is 1.69. The maximum absolute atomic E-state index is 12.1. The fourth-order valence-corrected chi connectivity index (χ4v) is 2.60. The molecule has 0 aromatic heterocycles. The highest BCUT2D eigenvalue weighted by molar-refractivity contribution is 5.85. The van der Waals surface area contributed by atoms with E-state index in [1.54, 1.807) is 25.3 Å². The molecule has 1 amide bonds. The Morgan fingerprint density at radius 3 is 2.95 bits per heavy atom. The van der Waals surface area contributed by atoms with Crippen LogP contribution in [0.1, 0.15) is 18.4 Å². The van der Waals surface area contributed by atoms with Crippen LogP contribution < -0.4 is 10.1 Å². The molecule has 1 aliphatic rings. The topological polar surface area (TPSA) is 84.9 Å². The Kier molecular flexibility index (Phi) is 5.77. The molecule has 1 saturated heterocycles. The van der Waals surface area contributed by atoms with Crippen LogP contribution in [0.15, 0.2) is 24.3 Å². The van der Waals surface area contributed by atoms with E-state index in [1.165, 1.54) is 0 Å². The van der Waals surface area contributed by atoms with Crippen molar-refractivity contribution in [3.05, 3.63) is 29.8 Å². The first-order valence-electron chi connectivity index (χ1n) is 7.33. The fourth-order valence-electron chi connectivity index (χ4n) is 2.60. The number of carboxylic acids is 1. The first-order valence-corrected chi connectivity index (χ1v) is 7.33. The smallest absolute Gasteiger partial charge is 0.326 e. The van der Waals surface area contributed by atoms with E-state index >= 15 is 0 Å². The van der Waals surface area contributed by atoms with Gasteiger partial charge in [0, 0.05) is 12.5 Å². The summed E-state index contributed by atoms with van der Waals surface area (Å²) >= 11 is 0. The lowest BCUT2D eigenvalue weighted by molar-refractivity contribution is -0.145. The van der Waals surface area contributed by atoms with Gasteiger partial charge in [-0.1, -0.05) is 12.1 Å². The van der Waals surface area contributed by atoms with E-state index in [1.807, 2.05) is 6.07 Å². The summed E-state index contributed by atoms with van der Waals surface area (Å²) in [5, 5.41) is 11.9. The highest BCUT2D eigenvalue weighted by Gasteiger charge is 2.31. The van der Waals surface area contributed by atoms with Crippen LogP contribution in [0.25, 0.3) is 0 Å². The molecule has 6 nitrogen and oxygen atoms in total. The number of carbonyl (C=O) groups excluding carboxylic acids is 1. The molecule has 2 N–H and O–H groups in total. The van der Waals surface area contributed by atoms with Crippen molar-refractivity contribution in [2.45, 2.75) is 25.3 Å². The highest BCUT2D eigenvalue weighted by atomic mass is 16.5. The fraction of sp³-hybridized carbons (Fsp3) is 0.500. The van der Waals surface area contributed by atoms with E-state index in [-0.39, 0.29) is 18.2 Å². The average Bonchev–Trinajstić information content (AvgIpc) is 2.53. The van der Waals surface area contributed by atoms with Gasteiger partial charge in [-0.2, -0.15) is 0 Å². The number of carbonyl (C=O) groups is 2. The van der Waals surface area contributed by atoms with Gasteiger partial charge in [0.2, 0.25) is 5.91 Å². The van der Waals surface area contributed by atoms with Gasteiger partial charge in [-0.05, 0) is 30.5 Å². The largest absolute Gasteiger partial charge is 0.497 e. The monoisotopic (exact) mass is 307 g/mol. The summed E-state index contributed by atoms with van der Waals surface area (Å²) in [4.78, 5) is 23.5. The minimum absolute atomic E-state index is 0.120. The number of carboxylic acid groups (broad SMARTS) is 1. The molecule has 6 heteroatoms. The molecule has 2 atom stereocenters. The molecular formula is C16H21NO5. The van der Waals surface area contributed by atoms with Crippen LogP contribution >= 0.6 is 0 Å². The van der Waals surface area contributed by atoms with Gasteiger partial charge in [0.05, 0.1) is 20.1 Å². The normalized spacial score (nSPS) is 19.2. The second-order valence-corrected chi connectivity index (χ2v) is 5.39. The van der Waals surface area contributed by atoms with Gasteiger partial charge in [-0.3, -0.25) is 4.79 Å². The molecule has 1 heterocycles. The summed E-state index contributed by atoms with van der Waals surface area (Å²) < 4.78 is 10.4. The van der Waals surface area contributed by atoms with Crippen LogP contribution in [0.2, 0.25) is 0 Å². The molecule has 1 fully saturated rings. The van der Waals surface area contributed by atoms with Gasteiger partial charge in [0.15, 0.2) is 0 Å². The molecule has 1 aliphatic heterocycles. The molecule has 0 spiro atoms. The standard InChI is InChI=1S/C16H21NO5/c1-21-13-6-2-4-11(8-13)9-14(18)17-15(16(19)20)12-5-3-7-22-10-12/h2,4,6,8,12,15H,3,5,7,9-10H2,1H3,(H,17,18)(H,19,20). The van der Waals surface area contributed by atoms with E-state index in [9.17, 15) is 14.7 Å². The zero-order chi connectivity index (χ0) is 15.9. The van der Waals surface area contributed by atoms with Crippen molar-refractivity contribution in [3.8, 4) is 5.75 Å². The van der Waals surface area contributed by atoms with Crippen LogP contribution in [0.4, 0.5) is 0 Å². The SMILES string of the molecule is COc1cccc(CC(=O)NC(C(=O)O)C2CCCOC2)c1. The van der Waals surface area contributed by atoms with Crippen molar-refractivity contribution in [3.63, 3.8) is 0 Å². The Morgan fingerprint density at radius 2 is 2.32 bits per heavy atom. The van der Waals surface area contributed by atoms with E-state index in [4.69, 9.17) is 9.47 Å². The second-order valence-electron chi connectivity index (χ2n) is 5.39. The second kappa shape index (κ2) is 7.79. The highest BCUT2D eigenvalue weighted by Crippen LogP contribution is 2.18. The number of amides is 1. The summed E-state index contributed by atoms with van der Waals surface area (Å²) in [6.45, 7) is 1.02. The van der Waals surface area contributed by atoms with Crippen LogP contribution in [-0.2, 0) is 20.7 Å². The van der Waals surface area contributed by atoms with Gasteiger partial charge >= 0.3 is 5.97 Å². The lowest BCUT2D eigenvalue weighted by Gasteiger charge is -2.28. The van der Waals surface area contributed by atoms with Crippen LogP contribution in [0, 0.1) is 5.92 Å². The van der Waals surface area contributed by atoms with E-state index in [0.29, 0.717) is 19.0 Å². The summed E-state index contributed by atoms with van der Waals surface area (Å²) in [7, 11) is 1.56. The Morgan fingerprint density at radius 1 is 1.50 bits per heavy atom. The lowest BCUT2D eigenvalue weighted by Crippen LogP contribution is -2.48. The minimum atomic E-state index is -1.02. The van der Waals surface area contributed by atoms with Crippen molar-refractivity contribution >= 4 is 11.9 Å². The van der Waals surface area contributed by atoms with Crippen molar-refractivity contribution in [1.29, 1.82) is 0 Å². The first-order chi connectivity index (χ1) is 10.6. The minimum Gasteiger partial charge on any atom is -0.497 e. The molecule has 2 unspecified atom stereocenters. The Hall–Kier alpha value is -2.08. The first kappa shape index (κ1) is 16.3. The van der Waals surface area contributed by atoms with Gasteiger partial charge in [-0.15, -0.1) is 0 Å². The zero-order valence-electron chi connectivity index (χ0n) is 12.6.